The lowest BCUT2D eigenvalue weighted by Gasteiger charge is -1.88. The smallest absolute Gasteiger partial charge is 0.150 e. The van der Waals surface area contributed by atoms with E-state index in [1.807, 2.05) is 30.3 Å². The van der Waals surface area contributed by atoms with Gasteiger partial charge in [0.05, 0.1) is 5.71 Å². The van der Waals surface area contributed by atoms with Crippen molar-refractivity contribution >= 4 is 12.0 Å². The maximum Gasteiger partial charge on any atom is 0.150 e. The van der Waals surface area contributed by atoms with Crippen LogP contribution in [-0.2, 0) is 4.79 Å². The Morgan fingerprint density at radius 1 is 1.27 bits per heavy atom. The fourth-order valence-corrected chi connectivity index (χ4v) is 1.06. The lowest BCUT2D eigenvalue weighted by molar-refractivity contribution is -0.107. The van der Waals surface area contributed by atoms with E-state index in [0.717, 1.165) is 17.6 Å². The first-order valence-corrected chi connectivity index (χ1v) is 3.50. The number of rotatable bonds is 2. The summed E-state index contributed by atoms with van der Waals surface area (Å²) in [6.45, 7) is 0. The van der Waals surface area contributed by atoms with E-state index in [4.69, 9.17) is 0 Å². The molecule has 0 spiro atoms. The minimum atomic E-state index is -0.155. The summed E-state index contributed by atoms with van der Waals surface area (Å²) in [6.07, 6.45) is 0.863. The van der Waals surface area contributed by atoms with Crippen LogP contribution >= 0.6 is 0 Å². The molecule has 1 aliphatic heterocycles. The second-order valence-corrected chi connectivity index (χ2v) is 2.46. The average molecular weight is 145 g/mol. The van der Waals surface area contributed by atoms with Crippen LogP contribution < -0.4 is 0 Å². The third-order valence-corrected chi connectivity index (χ3v) is 1.69. The molecule has 0 saturated heterocycles. The van der Waals surface area contributed by atoms with Crippen molar-refractivity contribution < 1.29 is 4.79 Å². The normalized spacial score (nSPS) is 20.7. The fraction of sp³-hybridized carbons (Fsp3) is 0.111. The number of carbonyl (C=O) groups excluding carboxylic acids is 1. The summed E-state index contributed by atoms with van der Waals surface area (Å²) in [5, 5.41) is 0. The van der Waals surface area contributed by atoms with Crippen molar-refractivity contribution in [2.75, 3.05) is 0 Å². The molecule has 1 aromatic carbocycles. The van der Waals surface area contributed by atoms with Gasteiger partial charge in [0.15, 0.2) is 6.29 Å². The first-order chi connectivity index (χ1) is 5.42. The molecule has 0 aliphatic carbocycles. The van der Waals surface area contributed by atoms with Gasteiger partial charge in [0.25, 0.3) is 0 Å². The quantitative estimate of drug-likeness (QED) is 0.572. The predicted octanol–water partition coefficient (Wildman–Crippen LogP) is 1.06. The molecule has 1 aromatic rings. The number of aldehydes is 1. The van der Waals surface area contributed by atoms with Crippen molar-refractivity contribution in [2.45, 2.75) is 6.04 Å². The first-order valence-electron chi connectivity index (χ1n) is 3.50. The molecule has 2 heteroatoms. The molecule has 54 valence electrons. The second kappa shape index (κ2) is 2.31. The second-order valence-electron chi connectivity index (χ2n) is 2.46. The predicted molar refractivity (Wildman–Crippen MR) is 42.8 cm³/mol. The molecule has 11 heavy (non-hydrogen) atoms. The van der Waals surface area contributed by atoms with Gasteiger partial charge in [-0.3, -0.25) is 4.99 Å². The van der Waals surface area contributed by atoms with Crippen molar-refractivity contribution in [1.82, 2.24) is 0 Å². The van der Waals surface area contributed by atoms with Gasteiger partial charge in [-0.1, -0.05) is 30.3 Å². The van der Waals surface area contributed by atoms with Crippen molar-refractivity contribution in [3.05, 3.63) is 35.9 Å². The number of benzene rings is 1. The highest BCUT2D eigenvalue weighted by molar-refractivity contribution is 6.21. The van der Waals surface area contributed by atoms with E-state index in [0.29, 0.717) is 0 Å². The molecule has 0 bridgehead atoms. The maximum absolute atomic E-state index is 10.2. The van der Waals surface area contributed by atoms with E-state index in [1.54, 1.807) is 0 Å². The van der Waals surface area contributed by atoms with Crippen molar-refractivity contribution in [3.8, 4) is 0 Å². The standard InChI is InChI=1S/C9H7NO/c11-6-8-9(10-8)7-4-2-1-3-5-7/h1-6,8H/t8-/m0/s1. The van der Waals surface area contributed by atoms with Gasteiger partial charge in [0, 0.05) is 0 Å². The average Bonchev–Trinajstić information content (AvgIpc) is 2.85. The zero-order chi connectivity index (χ0) is 7.68. The molecule has 1 aliphatic rings. The Kier molecular flexibility index (Phi) is 1.32. The Hall–Kier alpha value is -1.44. The van der Waals surface area contributed by atoms with Crippen LogP contribution in [0.2, 0.25) is 0 Å². The van der Waals surface area contributed by atoms with Crippen LogP contribution in [0.1, 0.15) is 5.56 Å². The summed E-state index contributed by atoms with van der Waals surface area (Å²) in [7, 11) is 0. The van der Waals surface area contributed by atoms with Gasteiger partial charge in [-0.25, -0.2) is 0 Å². The Bertz CT molecular complexity index is 303. The van der Waals surface area contributed by atoms with E-state index >= 15 is 0 Å². The van der Waals surface area contributed by atoms with Gasteiger partial charge in [0.1, 0.15) is 6.04 Å². The Balaban J connectivity index is 2.21. The van der Waals surface area contributed by atoms with Crippen LogP contribution in [0.4, 0.5) is 0 Å². The largest absolute Gasteiger partial charge is 0.301 e. The summed E-state index contributed by atoms with van der Waals surface area (Å²) in [4.78, 5) is 14.2. The number of aliphatic imine (C=N–C) groups is 1. The van der Waals surface area contributed by atoms with Gasteiger partial charge in [-0.15, -0.1) is 0 Å². The van der Waals surface area contributed by atoms with Crippen molar-refractivity contribution in [1.29, 1.82) is 0 Å². The highest BCUT2D eigenvalue weighted by atomic mass is 16.1. The monoisotopic (exact) mass is 145 g/mol. The zero-order valence-corrected chi connectivity index (χ0v) is 5.90. The molecule has 1 atom stereocenters. The molecular weight excluding hydrogens is 138 g/mol. The number of nitrogens with zero attached hydrogens (tertiary/aromatic N) is 1. The summed E-state index contributed by atoms with van der Waals surface area (Å²) in [5.41, 5.74) is 1.98. The van der Waals surface area contributed by atoms with Crippen LogP contribution in [0, 0.1) is 0 Å². The lowest BCUT2D eigenvalue weighted by Crippen LogP contribution is -1.98. The van der Waals surface area contributed by atoms with E-state index in [2.05, 4.69) is 4.99 Å². The summed E-state index contributed by atoms with van der Waals surface area (Å²) >= 11 is 0. The number of hydrogen-bond acceptors (Lipinski definition) is 2. The lowest BCUT2D eigenvalue weighted by atomic mass is 10.1. The molecule has 0 amide bonds. The maximum atomic E-state index is 10.2. The van der Waals surface area contributed by atoms with Crippen LogP contribution in [0.15, 0.2) is 35.3 Å². The van der Waals surface area contributed by atoms with Crippen molar-refractivity contribution in [2.24, 2.45) is 4.99 Å². The Labute approximate surface area is 64.6 Å². The fourth-order valence-electron chi connectivity index (χ4n) is 1.06. The Morgan fingerprint density at radius 3 is 2.55 bits per heavy atom. The third kappa shape index (κ3) is 1.07. The minimum absolute atomic E-state index is 0.155. The summed E-state index contributed by atoms with van der Waals surface area (Å²) in [5.74, 6) is 0. The minimum Gasteiger partial charge on any atom is -0.301 e. The van der Waals surface area contributed by atoms with Crippen LogP contribution in [0.5, 0.6) is 0 Å². The Morgan fingerprint density at radius 2 is 2.00 bits per heavy atom. The molecule has 0 unspecified atom stereocenters. The third-order valence-electron chi connectivity index (χ3n) is 1.69. The molecular formula is C9H7NO. The van der Waals surface area contributed by atoms with Crippen LogP contribution in [-0.4, -0.2) is 18.0 Å². The molecule has 0 N–H and O–H groups in total. The molecule has 0 saturated carbocycles. The van der Waals surface area contributed by atoms with Gasteiger partial charge >= 0.3 is 0 Å². The molecule has 1 heterocycles. The van der Waals surface area contributed by atoms with E-state index in [9.17, 15) is 4.79 Å². The van der Waals surface area contributed by atoms with E-state index in [1.165, 1.54) is 0 Å². The molecule has 0 radical (unpaired) electrons. The van der Waals surface area contributed by atoms with E-state index < -0.39 is 0 Å². The highest BCUT2D eigenvalue weighted by Crippen LogP contribution is 2.17. The zero-order valence-electron chi connectivity index (χ0n) is 5.90. The van der Waals surface area contributed by atoms with Gasteiger partial charge in [-0.05, 0) is 5.56 Å². The summed E-state index contributed by atoms with van der Waals surface area (Å²) in [6, 6.07) is 9.60. The molecule has 2 rings (SSSR count). The summed E-state index contributed by atoms with van der Waals surface area (Å²) < 4.78 is 0. The first kappa shape index (κ1) is 6.28. The van der Waals surface area contributed by atoms with Crippen molar-refractivity contribution in [3.63, 3.8) is 0 Å². The van der Waals surface area contributed by atoms with Crippen LogP contribution in [0.3, 0.4) is 0 Å². The highest BCUT2D eigenvalue weighted by Gasteiger charge is 2.27. The molecule has 0 fully saturated rings. The van der Waals surface area contributed by atoms with Crippen LogP contribution in [0.25, 0.3) is 0 Å². The van der Waals surface area contributed by atoms with E-state index in [-0.39, 0.29) is 6.04 Å². The van der Waals surface area contributed by atoms with Gasteiger partial charge < -0.3 is 4.79 Å². The van der Waals surface area contributed by atoms with Gasteiger partial charge in [-0.2, -0.15) is 0 Å². The number of carbonyl (C=O) groups is 1. The SMILES string of the molecule is O=C[C@@H]1N=C1c1ccccc1. The molecule has 2 nitrogen and oxygen atoms in total. The van der Waals surface area contributed by atoms with Gasteiger partial charge in [0.2, 0.25) is 0 Å². The molecule has 0 aromatic heterocycles. The topological polar surface area (TPSA) is 29.4 Å². The number of hydrogen-bond donors (Lipinski definition) is 0.